The Labute approximate surface area is 116 Å². The summed E-state index contributed by atoms with van der Waals surface area (Å²) in [5.41, 5.74) is 0.216. The number of hydrogen-bond acceptors (Lipinski definition) is 1. The van der Waals surface area contributed by atoms with Gasteiger partial charge >= 0.3 is 0 Å². The third-order valence-corrected chi connectivity index (χ3v) is 3.84. The van der Waals surface area contributed by atoms with Crippen LogP contribution in [0.5, 0.6) is 0 Å². The molecule has 0 aliphatic heterocycles. The maximum Gasteiger partial charge on any atom is 0.255 e. The summed E-state index contributed by atoms with van der Waals surface area (Å²) in [6.07, 6.45) is 3.08. The van der Waals surface area contributed by atoms with Crippen LogP contribution in [0.25, 0.3) is 0 Å². The van der Waals surface area contributed by atoms with Crippen LogP contribution in [0.2, 0.25) is 5.02 Å². The van der Waals surface area contributed by atoms with Crippen LogP contribution >= 0.6 is 23.2 Å². The third kappa shape index (κ3) is 2.62. The van der Waals surface area contributed by atoms with E-state index in [9.17, 15) is 9.18 Å². The van der Waals surface area contributed by atoms with E-state index in [0.29, 0.717) is 12.4 Å². The molecule has 2 rings (SSSR count). The van der Waals surface area contributed by atoms with E-state index in [1.807, 2.05) is 0 Å². The van der Waals surface area contributed by atoms with Gasteiger partial charge in [0.05, 0.1) is 10.6 Å². The van der Waals surface area contributed by atoms with Gasteiger partial charge < -0.3 is 4.90 Å². The first-order chi connectivity index (χ1) is 8.65. The molecule has 1 amide bonds. The van der Waals surface area contributed by atoms with E-state index < -0.39 is 5.82 Å². The van der Waals surface area contributed by atoms with E-state index in [1.165, 1.54) is 12.1 Å². The molecule has 1 aromatic carbocycles. The zero-order valence-corrected chi connectivity index (χ0v) is 11.3. The largest absolute Gasteiger partial charge is 0.334 e. The molecule has 1 aliphatic carbocycles. The average molecular weight is 290 g/mol. The van der Waals surface area contributed by atoms with Gasteiger partial charge in [0.25, 0.3) is 5.91 Å². The highest BCUT2D eigenvalue weighted by Crippen LogP contribution is 2.28. The van der Waals surface area contributed by atoms with Crippen molar-refractivity contribution in [1.82, 2.24) is 4.90 Å². The molecule has 0 N–H and O–H groups in total. The predicted octanol–water partition coefficient (Wildman–Crippen LogP) is 3.71. The fraction of sp³-hybridized carbons (Fsp3) is 0.462. The topological polar surface area (TPSA) is 20.3 Å². The van der Waals surface area contributed by atoms with E-state index in [4.69, 9.17) is 23.2 Å². The van der Waals surface area contributed by atoms with E-state index in [-0.39, 0.29) is 22.5 Å². The van der Waals surface area contributed by atoms with Gasteiger partial charge in [-0.05, 0) is 31.4 Å². The van der Waals surface area contributed by atoms with Crippen molar-refractivity contribution < 1.29 is 9.18 Å². The molecule has 5 heteroatoms. The first-order valence-electron chi connectivity index (χ1n) is 5.96. The van der Waals surface area contributed by atoms with Crippen molar-refractivity contribution in [2.24, 2.45) is 0 Å². The maximum atomic E-state index is 13.4. The standard InChI is InChI=1S/C13H14Cl2FNO/c14-7-8-17(9-3-1-4-9)13(18)10-5-2-6-11(16)12(10)15/h2,5-6,9H,1,3-4,7-8H2. The normalized spacial score (nSPS) is 15.3. The summed E-state index contributed by atoms with van der Waals surface area (Å²) in [4.78, 5) is 14.1. The van der Waals surface area contributed by atoms with Crippen molar-refractivity contribution in [2.75, 3.05) is 12.4 Å². The van der Waals surface area contributed by atoms with Gasteiger partial charge in [0.2, 0.25) is 0 Å². The van der Waals surface area contributed by atoms with Crippen LogP contribution in [-0.2, 0) is 0 Å². The first-order valence-corrected chi connectivity index (χ1v) is 6.87. The summed E-state index contributed by atoms with van der Waals surface area (Å²) in [6.45, 7) is 0.470. The molecule has 0 unspecified atom stereocenters. The third-order valence-electron chi connectivity index (χ3n) is 3.28. The number of rotatable bonds is 4. The highest BCUT2D eigenvalue weighted by atomic mass is 35.5. The summed E-state index contributed by atoms with van der Waals surface area (Å²) in [6, 6.07) is 4.51. The van der Waals surface area contributed by atoms with Crippen LogP contribution in [0, 0.1) is 5.82 Å². The van der Waals surface area contributed by atoms with Gasteiger partial charge in [-0.2, -0.15) is 0 Å². The Morgan fingerprint density at radius 1 is 1.44 bits per heavy atom. The van der Waals surface area contributed by atoms with Gasteiger partial charge in [-0.1, -0.05) is 17.7 Å². The highest BCUT2D eigenvalue weighted by molar-refractivity contribution is 6.34. The summed E-state index contributed by atoms with van der Waals surface area (Å²) >= 11 is 11.6. The molecule has 0 spiro atoms. The molecule has 0 bridgehead atoms. The van der Waals surface area contributed by atoms with Gasteiger partial charge in [-0.3, -0.25) is 4.79 Å². The predicted molar refractivity (Wildman–Crippen MR) is 70.8 cm³/mol. The van der Waals surface area contributed by atoms with Gasteiger partial charge in [-0.25, -0.2) is 4.39 Å². The molecule has 0 atom stereocenters. The summed E-state index contributed by atoms with van der Waals surface area (Å²) < 4.78 is 13.4. The lowest BCUT2D eigenvalue weighted by atomic mass is 9.91. The second-order valence-corrected chi connectivity index (χ2v) is 5.13. The van der Waals surface area contributed by atoms with Crippen LogP contribution in [0.4, 0.5) is 4.39 Å². The smallest absolute Gasteiger partial charge is 0.255 e. The number of nitrogens with zero attached hydrogens (tertiary/aromatic N) is 1. The molecule has 0 aromatic heterocycles. The van der Waals surface area contributed by atoms with E-state index >= 15 is 0 Å². The molecule has 0 radical (unpaired) electrons. The van der Waals surface area contributed by atoms with Crippen LogP contribution in [0.3, 0.4) is 0 Å². The molecule has 0 heterocycles. The Hall–Kier alpha value is -0.800. The molecular weight excluding hydrogens is 276 g/mol. The number of benzene rings is 1. The number of hydrogen-bond donors (Lipinski definition) is 0. The first kappa shape index (κ1) is 13.6. The van der Waals surface area contributed by atoms with Crippen LogP contribution in [0.15, 0.2) is 18.2 Å². The van der Waals surface area contributed by atoms with Crippen LogP contribution < -0.4 is 0 Å². The fourth-order valence-corrected chi connectivity index (χ4v) is 2.45. The lowest BCUT2D eigenvalue weighted by Gasteiger charge is -2.37. The number of carbonyl (C=O) groups excluding carboxylic acids is 1. The van der Waals surface area contributed by atoms with E-state index in [1.54, 1.807) is 11.0 Å². The minimum atomic E-state index is -0.568. The summed E-state index contributed by atoms with van der Waals surface area (Å²) in [7, 11) is 0. The molecule has 1 aromatic rings. The van der Waals surface area contributed by atoms with Crippen LogP contribution in [-0.4, -0.2) is 29.3 Å². The fourth-order valence-electron chi connectivity index (χ4n) is 2.06. The quantitative estimate of drug-likeness (QED) is 0.774. The average Bonchev–Trinajstić information content (AvgIpc) is 2.29. The second kappa shape index (κ2) is 5.89. The zero-order chi connectivity index (χ0) is 13.1. The number of alkyl halides is 1. The molecular formula is C13H14Cl2FNO. The highest BCUT2D eigenvalue weighted by Gasteiger charge is 2.30. The van der Waals surface area contributed by atoms with Gasteiger partial charge in [-0.15, -0.1) is 11.6 Å². The number of carbonyl (C=O) groups is 1. The van der Waals surface area contributed by atoms with Crippen LogP contribution in [0.1, 0.15) is 29.6 Å². The van der Waals surface area contributed by atoms with Crippen molar-refractivity contribution in [3.8, 4) is 0 Å². The minimum absolute atomic E-state index is 0.110. The molecule has 0 saturated heterocycles. The lowest BCUT2D eigenvalue weighted by Crippen LogP contribution is -2.45. The minimum Gasteiger partial charge on any atom is -0.334 e. The molecule has 98 valence electrons. The number of amides is 1. The van der Waals surface area contributed by atoms with Gasteiger partial charge in [0, 0.05) is 18.5 Å². The summed E-state index contributed by atoms with van der Waals surface area (Å²) in [5.74, 6) is -0.429. The number of halogens is 3. The summed E-state index contributed by atoms with van der Waals surface area (Å²) in [5, 5.41) is -0.110. The van der Waals surface area contributed by atoms with Crippen molar-refractivity contribution in [1.29, 1.82) is 0 Å². The Morgan fingerprint density at radius 3 is 2.72 bits per heavy atom. The molecule has 1 aliphatic rings. The lowest BCUT2D eigenvalue weighted by molar-refractivity contribution is 0.0597. The maximum absolute atomic E-state index is 13.4. The van der Waals surface area contributed by atoms with E-state index in [0.717, 1.165) is 19.3 Å². The van der Waals surface area contributed by atoms with Crippen molar-refractivity contribution in [3.63, 3.8) is 0 Å². The van der Waals surface area contributed by atoms with Crippen molar-refractivity contribution >= 4 is 29.1 Å². The second-order valence-electron chi connectivity index (χ2n) is 4.37. The van der Waals surface area contributed by atoms with Gasteiger partial charge in [0.1, 0.15) is 5.82 Å². The SMILES string of the molecule is O=C(c1cccc(F)c1Cl)N(CCCl)C1CCC1. The van der Waals surface area contributed by atoms with Crippen molar-refractivity contribution in [2.45, 2.75) is 25.3 Å². The molecule has 18 heavy (non-hydrogen) atoms. The monoisotopic (exact) mass is 289 g/mol. The Kier molecular flexibility index (Phi) is 4.46. The molecule has 1 fully saturated rings. The Bertz CT molecular complexity index is 449. The Morgan fingerprint density at radius 2 is 2.17 bits per heavy atom. The van der Waals surface area contributed by atoms with Crippen molar-refractivity contribution in [3.05, 3.63) is 34.6 Å². The zero-order valence-electron chi connectivity index (χ0n) is 9.83. The molecule has 2 nitrogen and oxygen atoms in total. The van der Waals surface area contributed by atoms with Gasteiger partial charge in [0.15, 0.2) is 0 Å². The van der Waals surface area contributed by atoms with E-state index in [2.05, 4.69) is 0 Å². The Balaban J connectivity index is 2.24. The molecule has 1 saturated carbocycles.